The maximum atomic E-state index is 13.0. The quantitative estimate of drug-likeness (QED) is 0.830. The van der Waals surface area contributed by atoms with Crippen LogP contribution in [-0.4, -0.2) is 18.5 Å². The minimum Gasteiger partial charge on any atom is -0.351 e. The number of hydrogen-bond acceptors (Lipinski definition) is 2. The van der Waals surface area contributed by atoms with Gasteiger partial charge in [-0.25, -0.2) is 4.39 Å². The van der Waals surface area contributed by atoms with Gasteiger partial charge in [-0.2, -0.15) is 13.2 Å². The molecule has 22 heavy (non-hydrogen) atoms. The lowest BCUT2D eigenvalue weighted by Crippen LogP contribution is -2.46. The average Bonchev–Trinajstić information content (AvgIpc) is 2.45. The van der Waals surface area contributed by atoms with Gasteiger partial charge in [0, 0.05) is 6.54 Å². The molecule has 2 rings (SSSR count). The van der Waals surface area contributed by atoms with E-state index < -0.39 is 17.6 Å². The van der Waals surface area contributed by atoms with E-state index in [0.29, 0.717) is 12.5 Å². The summed E-state index contributed by atoms with van der Waals surface area (Å²) in [4.78, 5) is 11.9. The second kappa shape index (κ2) is 7.78. The molecular weight excluding hydrogens is 324 g/mol. The van der Waals surface area contributed by atoms with Crippen molar-refractivity contribution in [3.63, 3.8) is 0 Å². The van der Waals surface area contributed by atoms with Crippen LogP contribution in [0.1, 0.15) is 30.4 Å². The summed E-state index contributed by atoms with van der Waals surface area (Å²) < 4.78 is 51.4. The van der Waals surface area contributed by atoms with E-state index in [1.807, 2.05) is 0 Å². The molecule has 0 spiro atoms. The van der Waals surface area contributed by atoms with Crippen molar-refractivity contribution in [3.05, 3.63) is 35.1 Å². The number of carbonyl (C=O) groups excluding carboxylic acids is 1. The Morgan fingerprint density at radius 1 is 1.32 bits per heavy atom. The largest absolute Gasteiger partial charge is 0.416 e. The number of benzene rings is 1. The monoisotopic (exact) mass is 340 g/mol. The number of piperidine rings is 1. The Balaban J connectivity index is 0.00000242. The van der Waals surface area contributed by atoms with E-state index >= 15 is 0 Å². The number of nitrogens with one attached hydrogen (secondary N) is 2. The zero-order valence-electron chi connectivity index (χ0n) is 11.7. The van der Waals surface area contributed by atoms with Crippen LogP contribution in [0, 0.1) is 5.82 Å². The number of alkyl halides is 3. The highest BCUT2D eigenvalue weighted by molar-refractivity contribution is 5.85. The summed E-state index contributed by atoms with van der Waals surface area (Å²) in [5.41, 5.74) is -1.20. The standard InChI is InChI=1S/C14H16F4N2O.ClH/c15-10-5-4-9(11(7-10)14(16,17)18)8-20-13(21)12-3-1-2-6-19-12;/h4-5,7,12,19H,1-3,6,8H2,(H,20,21);1H. The smallest absolute Gasteiger partial charge is 0.351 e. The molecule has 1 aromatic rings. The molecular formula is C14H17ClF4N2O. The Morgan fingerprint density at radius 3 is 2.64 bits per heavy atom. The van der Waals surface area contributed by atoms with Gasteiger partial charge in [0.2, 0.25) is 5.91 Å². The highest BCUT2D eigenvalue weighted by atomic mass is 35.5. The van der Waals surface area contributed by atoms with Gasteiger partial charge in [0.05, 0.1) is 11.6 Å². The molecule has 1 saturated heterocycles. The third-order valence-electron chi connectivity index (χ3n) is 3.46. The third-order valence-corrected chi connectivity index (χ3v) is 3.46. The summed E-state index contributed by atoms with van der Waals surface area (Å²) in [6.07, 6.45) is -2.08. The van der Waals surface area contributed by atoms with Gasteiger partial charge in [-0.3, -0.25) is 4.79 Å². The summed E-state index contributed by atoms with van der Waals surface area (Å²) in [6.45, 7) is 0.453. The first kappa shape index (κ1) is 18.7. The molecule has 0 aromatic heterocycles. The second-order valence-electron chi connectivity index (χ2n) is 5.02. The van der Waals surface area contributed by atoms with Crippen molar-refractivity contribution in [1.29, 1.82) is 0 Å². The van der Waals surface area contributed by atoms with Gasteiger partial charge in [0.25, 0.3) is 0 Å². The number of hydrogen-bond donors (Lipinski definition) is 2. The van der Waals surface area contributed by atoms with E-state index in [9.17, 15) is 22.4 Å². The first-order chi connectivity index (χ1) is 9.88. The highest BCUT2D eigenvalue weighted by Gasteiger charge is 2.34. The zero-order valence-corrected chi connectivity index (χ0v) is 12.5. The summed E-state index contributed by atoms with van der Waals surface area (Å²) in [5, 5.41) is 5.49. The maximum Gasteiger partial charge on any atom is 0.416 e. The van der Waals surface area contributed by atoms with Crippen LogP contribution in [0.2, 0.25) is 0 Å². The topological polar surface area (TPSA) is 41.1 Å². The molecule has 1 amide bonds. The van der Waals surface area contributed by atoms with E-state index in [1.165, 1.54) is 0 Å². The molecule has 0 bridgehead atoms. The summed E-state index contributed by atoms with van der Waals surface area (Å²) in [5.74, 6) is -1.28. The Bertz CT molecular complexity index is 516. The van der Waals surface area contributed by atoms with E-state index in [0.717, 1.165) is 31.5 Å². The molecule has 1 atom stereocenters. The van der Waals surface area contributed by atoms with Crippen molar-refractivity contribution < 1.29 is 22.4 Å². The molecule has 0 radical (unpaired) electrons. The van der Waals surface area contributed by atoms with Crippen LogP contribution >= 0.6 is 12.4 Å². The van der Waals surface area contributed by atoms with E-state index in [1.54, 1.807) is 0 Å². The van der Waals surface area contributed by atoms with Crippen molar-refractivity contribution in [2.45, 2.75) is 38.0 Å². The third kappa shape index (κ3) is 4.84. The van der Waals surface area contributed by atoms with Crippen LogP contribution in [0.5, 0.6) is 0 Å². The zero-order chi connectivity index (χ0) is 15.5. The van der Waals surface area contributed by atoms with E-state index in [2.05, 4.69) is 10.6 Å². The van der Waals surface area contributed by atoms with Crippen LogP contribution in [0.4, 0.5) is 17.6 Å². The number of carbonyl (C=O) groups is 1. The molecule has 1 fully saturated rings. The molecule has 2 N–H and O–H groups in total. The van der Waals surface area contributed by atoms with Gasteiger partial charge in [0.15, 0.2) is 0 Å². The summed E-state index contributed by atoms with van der Waals surface area (Å²) >= 11 is 0. The van der Waals surface area contributed by atoms with Crippen molar-refractivity contribution in [2.75, 3.05) is 6.54 Å². The van der Waals surface area contributed by atoms with Gasteiger partial charge in [-0.1, -0.05) is 12.5 Å². The normalized spacial score (nSPS) is 18.5. The SMILES string of the molecule is Cl.O=C(NCc1ccc(F)cc1C(F)(F)F)C1CCCCN1. The molecule has 0 saturated carbocycles. The predicted octanol–water partition coefficient (Wildman–Crippen LogP) is 3.02. The van der Waals surface area contributed by atoms with Crippen LogP contribution in [-0.2, 0) is 17.5 Å². The fraction of sp³-hybridized carbons (Fsp3) is 0.500. The lowest BCUT2D eigenvalue weighted by molar-refractivity contribution is -0.138. The molecule has 8 heteroatoms. The average molecular weight is 341 g/mol. The Morgan fingerprint density at radius 2 is 2.05 bits per heavy atom. The molecule has 1 aromatic carbocycles. The molecule has 0 aliphatic carbocycles. The van der Waals surface area contributed by atoms with E-state index in [4.69, 9.17) is 0 Å². The summed E-state index contributed by atoms with van der Waals surface area (Å²) in [7, 11) is 0. The van der Waals surface area contributed by atoms with Gasteiger partial charge in [-0.15, -0.1) is 12.4 Å². The first-order valence-corrected chi connectivity index (χ1v) is 6.74. The number of rotatable bonds is 3. The van der Waals surface area contributed by atoms with Crippen LogP contribution in [0.15, 0.2) is 18.2 Å². The fourth-order valence-corrected chi connectivity index (χ4v) is 2.35. The van der Waals surface area contributed by atoms with Gasteiger partial charge < -0.3 is 10.6 Å². The molecule has 1 aliphatic heterocycles. The van der Waals surface area contributed by atoms with Crippen molar-refractivity contribution >= 4 is 18.3 Å². The molecule has 1 heterocycles. The van der Waals surface area contributed by atoms with E-state index in [-0.39, 0.29) is 36.5 Å². The Labute approximate surface area is 131 Å². The van der Waals surface area contributed by atoms with Crippen molar-refractivity contribution in [2.24, 2.45) is 0 Å². The van der Waals surface area contributed by atoms with Crippen LogP contribution in [0.25, 0.3) is 0 Å². The minimum atomic E-state index is -4.65. The van der Waals surface area contributed by atoms with Gasteiger partial charge in [0.1, 0.15) is 5.82 Å². The second-order valence-corrected chi connectivity index (χ2v) is 5.02. The number of halogens is 5. The molecule has 1 unspecified atom stereocenters. The minimum absolute atomic E-state index is 0. The lowest BCUT2D eigenvalue weighted by atomic mass is 10.0. The Hall–Kier alpha value is -1.34. The van der Waals surface area contributed by atoms with Crippen molar-refractivity contribution in [1.82, 2.24) is 10.6 Å². The first-order valence-electron chi connectivity index (χ1n) is 6.74. The van der Waals surface area contributed by atoms with Gasteiger partial charge >= 0.3 is 6.18 Å². The number of amides is 1. The maximum absolute atomic E-state index is 13.0. The van der Waals surface area contributed by atoms with Crippen molar-refractivity contribution in [3.8, 4) is 0 Å². The Kier molecular flexibility index (Phi) is 6.62. The molecule has 124 valence electrons. The fourth-order valence-electron chi connectivity index (χ4n) is 2.35. The van der Waals surface area contributed by atoms with Crippen LogP contribution in [0.3, 0.4) is 0 Å². The lowest BCUT2D eigenvalue weighted by Gasteiger charge is -2.23. The molecule has 1 aliphatic rings. The van der Waals surface area contributed by atoms with Crippen LogP contribution < -0.4 is 10.6 Å². The highest BCUT2D eigenvalue weighted by Crippen LogP contribution is 2.32. The summed E-state index contributed by atoms with van der Waals surface area (Å²) in [6, 6.07) is 2.08. The predicted molar refractivity (Wildman–Crippen MR) is 76.1 cm³/mol. The van der Waals surface area contributed by atoms with Gasteiger partial charge in [-0.05, 0) is 37.1 Å². The molecule has 3 nitrogen and oxygen atoms in total.